The highest BCUT2D eigenvalue weighted by molar-refractivity contribution is 6.03. The van der Waals surface area contributed by atoms with E-state index in [-0.39, 0.29) is 23.7 Å². The molecule has 27 heavy (non-hydrogen) atoms. The van der Waals surface area contributed by atoms with Gasteiger partial charge in [0.25, 0.3) is 0 Å². The fourth-order valence-corrected chi connectivity index (χ4v) is 3.04. The van der Waals surface area contributed by atoms with E-state index in [1.807, 2.05) is 32.0 Å². The Morgan fingerprint density at radius 3 is 2.00 bits per heavy atom. The van der Waals surface area contributed by atoms with Gasteiger partial charge in [-0.25, -0.2) is 4.79 Å². The van der Waals surface area contributed by atoms with Crippen molar-refractivity contribution in [1.82, 2.24) is 0 Å². The monoisotopic (exact) mass is 366 g/mol. The van der Waals surface area contributed by atoms with Gasteiger partial charge in [0.2, 0.25) is 11.8 Å². The number of methoxy groups -OCH3 is 1. The maximum absolute atomic E-state index is 12.5. The number of hydrogen-bond donors (Lipinski definition) is 2. The standard InChI is InChI=1S/C21H22N2O4/c1-12-5-4-6-13(2)18(12)23-20(25)17-11-16(17)19(24)22-15-9-7-14(8-10-15)21(26)27-3/h4-10,16-17H,11H2,1-3H3,(H,22,24)(H,23,25). The molecular formula is C21H22N2O4. The number of nitrogens with one attached hydrogen (secondary N) is 2. The van der Waals surface area contributed by atoms with E-state index in [4.69, 9.17) is 0 Å². The third-order valence-corrected chi connectivity index (χ3v) is 4.77. The van der Waals surface area contributed by atoms with Crippen LogP contribution in [0.5, 0.6) is 0 Å². The highest BCUT2D eigenvalue weighted by Crippen LogP contribution is 2.40. The van der Waals surface area contributed by atoms with Gasteiger partial charge in [-0.1, -0.05) is 18.2 Å². The molecule has 1 fully saturated rings. The molecule has 2 N–H and O–H groups in total. The summed E-state index contributed by atoms with van der Waals surface area (Å²) < 4.78 is 4.64. The van der Waals surface area contributed by atoms with Crippen molar-refractivity contribution in [1.29, 1.82) is 0 Å². The molecule has 1 aliphatic carbocycles. The van der Waals surface area contributed by atoms with Crippen LogP contribution < -0.4 is 10.6 Å². The molecule has 3 rings (SSSR count). The summed E-state index contributed by atoms with van der Waals surface area (Å²) in [4.78, 5) is 36.3. The first-order chi connectivity index (χ1) is 12.9. The van der Waals surface area contributed by atoms with Crippen molar-refractivity contribution in [3.05, 3.63) is 59.2 Å². The van der Waals surface area contributed by atoms with Gasteiger partial charge < -0.3 is 15.4 Å². The Balaban J connectivity index is 1.57. The normalized spacial score (nSPS) is 17.7. The van der Waals surface area contributed by atoms with Gasteiger partial charge in [-0.2, -0.15) is 0 Å². The molecule has 0 saturated heterocycles. The first-order valence-electron chi connectivity index (χ1n) is 8.77. The van der Waals surface area contributed by atoms with E-state index < -0.39 is 5.97 Å². The number of carbonyl (C=O) groups is 3. The highest BCUT2D eigenvalue weighted by Gasteiger charge is 2.48. The van der Waals surface area contributed by atoms with Crippen LogP contribution >= 0.6 is 0 Å². The summed E-state index contributed by atoms with van der Waals surface area (Å²) in [6, 6.07) is 12.3. The smallest absolute Gasteiger partial charge is 0.337 e. The fourth-order valence-electron chi connectivity index (χ4n) is 3.04. The van der Waals surface area contributed by atoms with Crippen LogP contribution in [0.2, 0.25) is 0 Å². The number of ether oxygens (including phenoxy) is 1. The van der Waals surface area contributed by atoms with Crippen molar-refractivity contribution in [2.24, 2.45) is 11.8 Å². The summed E-state index contributed by atoms with van der Waals surface area (Å²) in [5.74, 6) is -1.41. The second-order valence-corrected chi connectivity index (χ2v) is 6.76. The molecule has 1 aliphatic rings. The fraction of sp³-hybridized carbons (Fsp3) is 0.286. The number of aryl methyl sites for hydroxylation is 2. The van der Waals surface area contributed by atoms with E-state index in [9.17, 15) is 14.4 Å². The van der Waals surface area contributed by atoms with Gasteiger partial charge in [-0.3, -0.25) is 9.59 Å². The molecule has 0 radical (unpaired) electrons. The van der Waals surface area contributed by atoms with Crippen LogP contribution in [0.3, 0.4) is 0 Å². The average Bonchev–Trinajstić information content (AvgIpc) is 3.46. The Kier molecular flexibility index (Phi) is 5.26. The van der Waals surface area contributed by atoms with Gasteiger partial charge in [0.1, 0.15) is 0 Å². The molecular weight excluding hydrogens is 344 g/mol. The molecule has 2 aromatic rings. The number of para-hydroxylation sites is 1. The lowest BCUT2D eigenvalue weighted by atomic mass is 10.1. The average molecular weight is 366 g/mol. The van der Waals surface area contributed by atoms with Crippen molar-refractivity contribution in [3.8, 4) is 0 Å². The molecule has 2 aromatic carbocycles. The molecule has 0 aromatic heterocycles. The predicted octanol–water partition coefficient (Wildman–Crippen LogP) is 3.30. The molecule has 0 spiro atoms. The van der Waals surface area contributed by atoms with E-state index in [1.165, 1.54) is 7.11 Å². The molecule has 1 saturated carbocycles. The molecule has 0 heterocycles. The number of rotatable bonds is 5. The number of benzene rings is 2. The van der Waals surface area contributed by atoms with Gasteiger partial charge in [0.05, 0.1) is 24.5 Å². The van der Waals surface area contributed by atoms with E-state index in [2.05, 4.69) is 15.4 Å². The summed E-state index contributed by atoms with van der Waals surface area (Å²) in [5.41, 5.74) is 3.79. The van der Waals surface area contributed by atoms with Gasteiger partial charge in [-0.05, 0) is 55.7 Å². The largest absolute Gasteiger partial charge is 0.465 e. The molecule has 2 amide bonds. The minimum Gasteiger partial charge on any atom is -0.465 e. The van der Waals surface area contributed by atoms with Gasteiger partial charge in [0, 0.05) is 11.4 Å². The van der Waals surface area contributed by atoms with Gasteiger partial charge in [0.15, 0.2) is 0 Å². The van der Waals surface area contributed by atoms with E-state index in [0.29, 0.717) is 17.7 Å². The maximum atomic E-state index is 12.5. The maximum Gasteiger partial charge on any atom is 0.337 e. The Labute approximate surface area is 157 Å². The Bertz CT molecular complexity index is 869. The minimum absolute atomic E-state index is 0.131. The quantitative estimate of drug-likeness (QED) is 0.795. The molecule has 0 aliphatic heterocycles. The second kappa shape index (κ2) is 7.61. The minimum atomic E-state index is -0.432. The molecule has 6 nitrogen and oxygen atoms in total. The van der Waals surface area contributed by atoms with Crippen molar-refractivity contribution < 1.29 is 19.1 Å². The third-order valence-electron chi connectivity index (χ3n) is 4.77. The predicted molar refractivity (Wildman–Crippen MR) is 103 cm³/mol. The first kappa shape index (κ1) is 18.6. The lowest BCUT2D eigenvalue weighted by Gasteiger charge is -2.11. The van der Waals surface area contributed by atoms with Crippen molar-refractivity contribution >= 4 is 29.2 Å². The number of anilines is 2. The number of esters is 1. The van der Waals surface area contributed by atoms with E-state index in [0.717, 1.165) is 16.8 Å². The van der Waals surface area contributed by atoms with Crippen LogP contribution in [0.1, 0.15) is 27.9 Å². The van der Waals surface area contributed by atoms with Crippen LogP contribution in [-0.2, 0) is 14.3 Å². The first-order valence-corrected chi connectivity index (χ1v) is 8.77. The second-order valence-electron chi connectivity index (χ2n) is 6.76. The molecule has 140 valence electrons. The zero-order chi connectivity index (χ0) is 19.6. The molecule has 0 bridgehead atoms. The van der Waals surface area contributed by atoms with Crippen molar-refractivity contribution in [3.63, 3.8) is 0 Å². The van der Waals surface area contributed by atoms with E-state index >= 15 is 0 Å². The zero-order valence-electron chi connectivity index (χ0n) is 15.5. The molecule has 6 heteroatoms. The van der Waals surface area contributed by atoms with Crippen LogP contribution in [-0.4, -0.2) is 24.9 Å². The number of hydrogen-bond acceptors (Lipinski definition) is 4. The molecule has 2 unspecified atom stereocenters. The summed E-state index contributed by atoms with van der Waals surface area (Å²) in [5, 5.41) is 5.73. The van der Waals surface area contributed by atoms with Gasteiger partial charge in [-0.15, -0.1) is 0 Å². The summed E-state index contributed by atoms with van der Waals surface area (Å²) in [6.07, 6.45) is 0.531. The van der Waals surface area contributed by atoms with Crippen LogP contribution in [0.4, 0.5) is 11.4 Å². The highest BCUT2D eigenvalue weighted by atomic mass is 16.5. The summed E-state index contributed by atoms with van der Waals surface area (Å²) in [6.45, 7) is 3.88. The number of amides is 2. The zero-order valence-corrected chi connectivity index (χ0v) is 15.5. The van der Waals surface area contributed by atoms with E-state index in [1.54, 1.807) is 24.3 Å². The van der Waals surface area contributed by atoms with Crippen molar-refractivity contribution in [2.45, 2.75) is 20.3 Å². The topological polar surface area (TPSA) is 84.5 Å². The van der Waals surface area contributed by atoms with Crippen LogP contribution in [0, 0.1) is 25.7 Å². The Hall–Kier alpha value is -3.15. The third kappa shape index (κ3) is 4.16. The summed E-state index contributed by atoms with van der Waals surface area (Å²) in [7, 11) is 1.31. The van der Waals surface area contributed by atoms with Crippen LogP contribution in [0.15, 0.2) is 42.5 Å². The Morgan fingerprint density at radius 1 is 0.889 bits per heavy atom. The Morgan fingerprint density at radius 2 is 1.44 bits per heavy atom. The van der Waals surface area contributed by atoms with Crippen molar-refractivity contribution in [2.75, 3.05) is 17.7 Å². The molecule has 2 atom stereocenters. The van der Waals surface area contributed by atoms with Crippen LogP contribution in [0.25, 0.3) is 0 Å². The number of carbonyl (C=O) groups excluding carboxylic acids is 3. The summed E-state index contributed by atoms with van der Waals surface area (Å²) >= 11 is 0. The lowest BCUT2D eigenvalue weighted by Crippen LogP contribution is -2.21. The van der Waals surface area contributed by atoms with Gasteiger partial charge >= 0.3 is 5.97 Å². The SMILES string of the molecule is COC(=O)c1ccc(NC(=O)C2CC2C(=O)Nc2c(C)cccc2C)cc1. The lowest BCUT2D eigenvalue weighted by molar-refractivity contribution is -0.122.